The average molecular weight is 376 g/mol. The van der Waals surface area contributed by atoms with Gasteiger partial charge in [0.1, 0.15) is 0 Å². The molecule has 28 heavy (non-hydrogen) atoms. The van der Waals surface area contributed by atoms with E-state index in [1.54, 1.807) is 4.57 Å². The highest BCUT2D eigenvalue weighted by atomic mass is 16.7. The van der Waals surface area contributed by atoms with E-state index in [9.17, 15) is 4.79 Å². The highest BCUT2D eigenvalue weighted by molar-refractivity contribution is 6.62. The first kappa shape index (κ1) is 18.8. The zero-order chi connectivity index (χ0) is 20.1. The van der Waals surface area contributed by atoms with Crippen molar-refractivity contribution in [3.8, 4) is 16.9 Å². The molecule has 0 unspecified atom stereocenters. The zero-order valence-corrected chi connectivity index (χ0v) is 16.9. The first-order valence-electron chi connectivity index (χ1n) is 9.52. The Labute approximate surface area is 165 Å². The fraction of sp³-hybridized carbons (Fsp3) is 0.318. The minimum Gasteiger partial charge on any atom is -0.399 e. The van der Waals surface area contributed by atoms with Gasteiger partial charge in [-0.05, 0) is 57.3 Å². The Hall–Kier alpha value is -2.57. The Bertz CT molecular complexity index is 1050. The summed E-state index contributed by atoms with van der Waals surface area (Å²) in [6.07, 6.45) is 1.84. The number of nitrogens with zero attached hydrogens (tertiary/aromatic N) is 1. The van der Waals surface area contributed by atoms with Gasteiger partial charge in [0, 0.05) is 6.20 Å². The summed E-state index contributed by atoms with van der Waals surface area (Å²) in [5.41, 5.74) is 3.47. The molecular formula is C22H25BN2O3. The van der Waals surface area contributed by atoms with Gasteiger partial charge in [0.25, 0.3) is 0 Å². The van der Waals surface area contributed by atoms with Crippen LogP contribution < -0.4 is 11.2 Å². The monoisotopic (exact) mass is 376 g/mol. The lowest BCUT2D eigenvalue weighted by Crippen LogP contribution is -2.41. The largest absolute Gasteiger partial charge is 0.495 e. The molecule has 1 N–H and O–H groups in total. The molecule has 0 aliphatic carbocycles. The van der Waals surface area contributed by atoms with Crippen LogP contribution in [0.1, 0.15) is 33.3 Å². The van der Waals surface area contributed by atoms with Gasteiger partial charge in [-0.3, -0.25) is 4.57 Å². The third-order valence-electron chi connectivity index (χ3n) is 5.92. The van der Waals surface area contributed by atoms with E-state index in [2.05, 4.69) is 4.98 Å². The standard InChI is InChI=1S/C22H25BN2O3/c1-15-17(23-27-21(2,3)22(4,5)28-23)12-9-13-19(15)25-14-18(24-20(25)26)16-10-7-6-8-11-16/h6-14H,1-5H3,(H,24,26). The van der Waals surface area contributed by atoms with Crippen molar-refractivity contribution in [2.45, 2.75) is 45.8 Å². The molecule has 6 heteroatoms. The second-order valence-corrected chi connectivity index (χ2v) is 8.29. The van der Waals surface area contributed by atoms with Crippen LogP contribution in [0, 0.1) is 6.92 Å². The summed E-state index contributed by atoms with van der Waals surface area (Å²) in [6, 6.07) is 15.7. The highest BCUT2D eigenvalue weighted by Crippen LogP contribution is 2.36. The molecule has 5 nitrogen and oxygen atoms in total. The molecule has 0 atom stereocenters. The van der Waals surface area contributed by atoms with Crippen molar-refractivity contribution in [3.63, 3.8) is 0 Å². The van der Waals surface area contributed by atoms with E-state index in [-0.39, 0.29) is 5.69 Å². The molecule has 1 aliphatic heterocycles. The number of aromatic amines is 1. The Morgan fingerprint density at radius 3 is 2.21 bits per heavy atom. The summed E-state index contributed by atoms with van der Waals surface area (Å²) >= 11 is 0. The highest BCUT2D eigenvalue weighted by Gasteiger charge is 2.52. The average Bonchev–Trinajstić information content (AvgIpc) is 3.12. The molecule has 0 amide bonds. The molecule has 3 aromatic rings. The molecule has 0 saturated carbocycles. The summed E-state index contributed by atoms with van der Waals surface area (Å²) in [5.74, 6) is 0. The molecule has 1 saturated heterocycles. The summed E-state index contributed by atoms with van der Waals surface area (Å²) < 4.78 is 14.1. The van der Waals surface area contributed by atoms with Crippen molar-refractivity contribution >= 4 is 12.6 Å². The van der Waals surface area contributed by atoms with Gasteiger partial charge in [-0.15, -0.1) is 0 Å². The van der Waals surface area contributed by atoms with Gasteiger partial charge in [0.05, 0.1) is 22.6 Å². The fourth-order valence-corrected chi connectivity index (χ4v) is 3.47. The number of aromatic nitrogens is 2. The summed E-state index contributed by atoms with van der Waals surface area (Å²) in [6.45, 7) is 10.1. The Kier molecular flexibility index (Phi) is 4.36. The van der Waals surface area contributed by atoms with Crippen LogP contribution >= 0.6 is 0 Å². The van der Waals surface area contributed by atoms with Crippen LogP contribution in [0.5, 0.6) is 0 Å². The predicted octanol–water partition coefficient (Wildman–Crippen LogP) is 3.44. The van der Waals surface area contributed by atoms with E-state index in [1.807, 2.05) is 89.3 Å². The van der Waals surface area contributed by atoms with Crippen LogP contribution in [0.4, 0.5) is 0 Å². The molecule has 2 aromatic carbocycles. The zero-order valence-electron chi connectivity index (χ0n) is 16.9. The fourth-order valence-electron chi connectivity index (χ4n) is 3.47. The smallest absolute Gasteiger partial charge is 0.399 e. The minimum atomic E-state index is -0.465. The van der Waals surface area contributed by atoms with Crippen molar-refractivity contribution in [1.82, 2.24) is 9.55 Å². The van der Waals surface area contributed by atoms with Crippen LogP contribution in [-0.4, -0.2) is 27.9 Å². The van der Waals surface area contributed by atoms with E-state index in [0.717, 1.165) is 28.0 Å². The Balaban J connectivity index is 1.75. The van der Waals surface area contributed by atoms with Gasteiger partial charge in [-0.2, -0.15) is 0 Å². The first-order valence-corrected chi connectivity index (χ1v) is 9.52. The number of imidazole rings is 1. The number of H-pyrrole nitrogens is 1. The number of nitrogens with one attached hydrogen (secondary N) is 1. The summed E-state index contributed by atoms with van der Waals surface area (Å²) in [5, 5.41) is 0. The first-order chi connectivity index (χ1) is 13.2. The molecule has 1 aromatic heterocycles. The Morgan fingerprint density at radius 1 is 0.929 bits per heavy atom. The number of hydrogen-bond donors (Lipinski definition) is 1. The molecule has 0 radical (unpaired) electrons. The summed E-state index contributed by atoms with van der Waals surface area (Å²) in [4.78, 5) is 15.6. The lowest BCUT2D eigenvalue weighted by atomic mass is 9.76. The molecule has 1 aliphatic rings. The molecule has 4 rings (SSSR count). The van der Waals surface area contributed by atoms with Crippen molar-refractivity contribution in [2.24, 2.45) is 0 Å². The lowest BCUT2D eigenvalue weighted by molar-refractivity contribution is 0.00578. The van der Waals surface area contributed by atoms with E-state index >= 15 is 0 Å². The second-order valence-electron chi connectivity index (χ2n) is 8.29. The normalized spacial score (nSPS) is 17.8. The molecule has 2 heterocycles. The van der Waals surface area contributed by atoms with E-state index in [1.165, 1.54) is 0 Å². The van der Waals surface area contributed by atoms with Gasteiger partial charge in [-0.25, -0.2) is 4.79 Å². The molecular weight excluding hydrogens is 351 g/mol. The van der Waals surface area contributed by atoms with Gasteiger partial charge < -0.3 is 14.3 Å². The lowest BCUT2D eigenvalue weighted by Gasteiger charge is -2.32. The van der Waals surface area contributed by atoms with Crippen molar-refractivity contribution in [3.05, 3.63) is 70.8 Å². The number of benzene rings is 2. The summed E-state index contributed by atoms with van der Waals surface area (Å²) in [7, 11) is -0.465. The SMILES string of the molecule is Cc1c(B2OC(C)(C)C(C)(C)O2)cccc1-n1cc(-c2ccccc2)[nH]c1=O. The molecule has 1 fully saturated rings. The third kappa shape index (κ3) is 3.03. The minimum absolute atomic E-state index is 0.173. The van der Waals surface area contributed by atoms with Crippen LogP contribution in [0.25, 0.3) is 16.9 Å². The van der Waals surface area contributed by atoms with E-state index in [0.29, 0.717) is 0 Å². The quantitative estimate of drug-likeness (QED) is 0.713. The van der Waals surface area contributed by atoms with E-state index < -0.39 is 18.3 Å². The van der Waals surface area contributed by atoms with Gasteiger partial charge in [0.15, 0.2) is 0 Å². The van der Waals surface area contributed by atoms with Gasteiger partial charge in [-0.1, -0.05) is 42.5 Å². The maximum atomic E-state index is 12.6. The second kappa shape index (κ2) is 6.50. The maximum absolute atomic E-state index is 12.6. The predicted molar refractivity (Wildman–Crippen MR) is 112 cm³/mol. The van der Waals surface area contributed by atoms with E-state index in [4.69, 9.17) is 9.31 Å². The van der Waals surface area contributed by atoms with Gasteiger partial charge in [0.2, 0.25) is 0 Å². The number of hydrogen-bond acceptors (Lipinski definition) is 3. The van der Waals surface area contributed by atoms with Crippen LogP contribution in [0.15, 0.2) is 59.5 Å². The van der Waals surface area contributed by atoms with Crippen LogP contribution in [0.2, 0.25) is 0 Å². The molecule has 144 valence electrons. The number of rotatable bonds is 3. The Morgan fingerprint density at radius 2 is 1.57 bits per heavy atom. The molecule has 0 spiro atoms. The van der Waals surface area contributed by atoms with Crippen LogP contribution in [-0.2, 0) is 9.31 Å². The maximum Gasteiger partial charge on any atom is 0.495 e. The van der Waals surface area contributed by atoms with Crippen LogP contribution in [0.3, 0.4) is 0 Å². The topological polar surface area (TPSA) is 56.2 Å². The van der Waals surface area contributed by atoms with Crippen molar-refractivity contribution < 1.29 is 9.31 Å². The van der Waals surface area contributed by atoms with Gasteiger partial charge >= 0.3 is 12.8 Å². The molecule has 0 bridgehead atoms. The van der Waals surface area contributed by atoms with Crippen molar-refractivity contribution in [2.75, 3.05) is 0 Å². The van der Waals surface area contributed by atoms with Crippen molar-refractivity contribution in [1.29, 1.82) is 0 Å². The third-order valence-corrected chi connectivity index (χ3v) is 5.92.